The van der Waals surface area contributed by atoms with Crippen LogP contribution < -0.4 is 0 Å². The zero-order valence-electron chi connectivity index (χ0n) is 11.1. The number of carbonyl (C=O) groups is 2. The maximum Gasteiger partial charge on any atom is 0.316 e. The monoisotopic (exact) mass is 335 g/mol. The van der Waals surface area contributed by atoms with Gasteiger partial charge in [-0.15, -0.1) is 0 Å². The number of nitriles is 1. The lowest BCUT2D eigenvalue weighted by Gasteiger charge is -2.34. The van der Waals surface area contributed by atoms with Crippen LogP contribution in [0, 0.1) is 17.2 Å². The van der Waals surface area contributed by atoms with Crippen molar-refractivity contribution in [3.05, 3.63) is 34.3 Å². The molecule has 1 aliphatic carbocycles. The predicted octanol–water partition coefficient (Wildman–Crippen LogP) is 2.75. The molecule has 20 heavy (non-hydrogen) atoms. The average Bonchev–Trinajstić information content (AvgIpc) is 2.47. The molecule has 1 aromatic carbocycles. The Labute approximate surface area is 125 Å². The predicted molar refractivity (Wildman–Crippen MR) is 75.8 cm³/mol. The van der Waals surface area contributed by atoms with Crippen molar-refractivity contribution >= 4 is 27.7 Å². The minimum Gasteiger partial charge on any atom is -0.468 e. The molecule has 2 unspecified atom stereocenters. The van der Waals surface area contributed by atoms with Crippen LogP contribution >= 0.6 is 15.9 Å². The summed E-state index contributed by atoms with van der Waals surface area (Å²) >= 11 is 3.38. The highest BCUT2D eigenvalue weighted by Crippen LogP contribution is 2.41. The van der Waals surface area contributed by atoms with Crippen molar-refractivity contribution in [1.82, 2.24) is 0 Å². The van der Waals surface area contributed by atoms with Crippen molar-refractivity contribution in [2.75, 3.05) is 7.11 Å². The molecular weight excluding hydrogens is 322 g/mol. The van der Waals surface area contributed by atoms with E-state index in [-0.39, 0.29) is 18.6 Å². The van der Waals surface area contributed by atoms with Gasteiger partial charge in [0.15, 0.2) is 0 Å². The summed E-state index contributed by atoms with van der Waals surface area (Å²) in [5.74, 6) is -1.53. The molecule has 0 N–H and O–H groups in total. The maximum atomic E-state index is 11.9. The molecule has 1 saturated carbocycles. The first-order chi connectivity index (χ1) is 9.52. The molecule has 0 aliphatic heterocycles. The molecule has 1 fully saturated rings. The van der Waals surface area contributed by atoms with Crippen LogP contribution in [0.3, 0.4) is 0 Å². The molecule has 104 valence electrons. The lowest BCUT2D eigenvalue weighted by molar-refractivity contribution is -0.151. The van der Waals surface area contributed by atoms with Gasteiger partial charge in [0.25, 0.3) is 0 Å². The van der Waals surface area contributed by atoms with E-state index in [1.807, 2.05) is 24.3 Å². The Balaban J connectivity index is 2.39. The third-order valence-corrected chi connectivity index (χ3v) is 4.31. The molecule has 4 nitrogen and oxygen atoms in total. The minimum absolute atomic E-state index is 0.141. The lowest BCUT2D eigenvalue weighted by Crippen LogP contribution is -2.40. The van der Waals surface area contributed by atoms with Crippen LogP contribution in [0.2, 0.25) is 0 Å². The topological polar surface area (TPSA) is 67.2 Å². The van der Waals surface area contributed by atoms with Crippen LogP contribution in [0.25, 0.3) is 0 Å². The van der Waals surface area contributed by atoms with E-state index < -0.39 is 17.3 Å². The van der Waals surface area contributed by atoms with Crippen molar-refractivity contribution in [2.45, 2.75) is 24.7 Å². The number of nitrogens with zero attached hydrogens (tertiary/aromatic N) is 1. The summed E-state index contributed by atoms with van der Waals surface area (Å²) in [5.41, 5.74) is 0.0204. The minimum atomic E-state index is -0.840. The second kappa shape index (κ2) is 5.76. The number of benzene rings is 1. The maximum absolute atomic E-state index is 11.9. The number of ketones is 1. The standard InChI is InChI=1S/C15H14BrNO3/c1-20-14(19)12-8-15(9-17,6-5-13(12)18)10-3-2-4-11(16)7-10/h2-4,7,12H,5-6,8H2,1H3. The highest BCUT2D eigenvalue weighted by Gasteiger charge is 2.45. The van der Waals surface area contributed by atoms with Gasteiger partial charge >= 0.3 is 5.97 Å². The van der Waals surface area contributed by atoms with Gasteiger partial charge in [0, 0.05) is 10.9 Å². The molecule has 0 radical (unpaired) electrons. The first-order valence-corrected chi connectivity index (χ1v) is 7.09. The Morgan fingerprint density at radius 1 is 1.55 bits per heavy atom. The molecule has 2 atom stereocenters. The smallest absolute Gasteiger partial charge is 0.316 e. The van der Waals surface area contributed by atoms with E-state index in [0.717, 1.165) is 10.0 Å². The van der Waals surface area contributed by atoms with Gasteiger partial charge in [0.2, 0.25) is 0 Å². The molecule has 0 heterocycles. The number of methoxy groups -OCH3 is 1. The lowest BCUT2D eigenvalue weighted by atomic mass is 9.66. The Bertz CT molecular complexity index is 585. The highest BCUT2D eigenvalue weighted by atomic mass is 79.9. The van der Waals surface area contributed by atoms with Gasteiger partial charge in [-0.2, -0.15) is 5.26 Å². The SMILES string of the molecule is COC(=O)C1CC(C#N)(c2cccc(Br)c2)CCC1=O. The van der Waals surface area contributed by atoms with Crippen molar-refractivity contribution < 1.29 is 14.3 Å². The van der Waals surface area contributed by atoms with E-state index in [9.17, 15) is 14.9 Å². The number of Topliss-reactive ketones (excluding diaryl/α,β-unsaturated/α-hetero) is 1. The van der Waals surface area contributed by atoms with Crippen molar-refractivity contribution in [3.8, 4) is 6.07 Å². The van der Waals surface area contributed by atoms with E-state index in [4.69, 9.17) is 0 Å². The van der Waals surface area contributed by atoms with Gasteiger partial charge in [0.05, 0.1) is 18.6 Å². The third kappa shape index (κ3) is 2.61. The zero-order chi connectivity index (χ0) is 14.8. The van der Waals surface area contributed by atoms with Crippen LogP contribution in [0.15, 0.2) is 28.7 Å². The fourth-order valence-corrected chi connectivity index (χ4v) is 3.05. The Hall–Kier alpha value is -1.67. The molecule has 5 heteroatoms. The summed E-state index contributed by atoms with van der Waals surface area (Å²) in [6.45, 7) is 0. The first kappa shape index (κ1) is 14.7. The molecule has 0 aromatic heterocycles. The molecule has 1 aromatic rings. The second-order valence-electron chi connectivity index (χ2n) is 4.95. The Morgan fingerprint density at radius 3 is 2.90 bits per heavy atom. The number of esters is 1. The van der Waals surface area contributed by atoms with E-state index in [1.54, 1.807) is 0 Å². The van der Waals surface area contributed by atoms with Crippen LogP contribution in [-0.4, -0.2) is 18.9 Å². The average molecular weight is 336 g/mol. The number of hydrogen-bond acceptors (Lipinski definition) is 4. The summed E-state index contributed by atoms with van der Waals surface area (Å²) in [5, 5.41) is 9.62. The van der Waals surface area contributed by atoms with Crippen molar-refractivity contribution in [1.29, 1.82) is 5.26 Å². The van der Waals surface area contributed by atoms with Crippen molar-refractivity contribution in [3.63, 3.8) is 0 Å². The van der Waals surface area contributed by atoms with E-state index in [1.165, 1.54) is 7.11 Å². The largest absolute Gasteiger partial charge is 0.468 e. The van der Waals surface area contributed by atoms with Crippen molar-refractivity contribution in [2.24, 2.45) is 5.92 Å². The summed E-state index contributed by atoms with van der Waals surface area (Å²) in [4.78, 5) is 23.6. The van der Waals surface area contributed by atoms with E-state index in [0.29, 0.717) is 6.42 Å². The zero-order valence-corrected chi connectivity index (χ0v) is 12.6. The first-order valence-electron chi connectivity index (χ1n) is 6.30. The normalized spacial score (nSPS) is 25.9. The quantitative estimate of drug-likeness (QED) is 0.615. The summed E-state index contributed by atoms with van der Waals surface area (Å²) in [6, 6.07) is 9.76. The molecule has 2 rings (SSSR count). The van der Waals surface area contributed by atoms with E-state index >= 15 is 0 Å². The fraction of sp³-hybridized carbons (Fsp3) is 0.400. The number of halogens is 1. The molecule has 0 amide bonds. The summed E-state index contributed by atoms with van der Waals surface area (Å²) in [6.07, 6.45) is 0.845. The number of rotatable bonds is 2. The highest BCUT2D eigenvalue weighted by molar-refractivity contribution is 9.10. The van der Waals surface area contributed by atoms with Crippen LogP contribution in [0.4, 0.5) is 0 Å². The van der Waals surface area contributed by atoms with Gasteiger partial charge in [-0.25, -0.2) is 0 Å². The van der Waals surface area contributed by atoms with Crippen LogP contribution in [0.1, 0.15) is 24.8 Å². The Morgan fingerprint density at radius 2 is 2.30 bits per heavy atom. The van der Waals surface area contributed by atoms with Crippen LogP contribution in [-0.2, 0) is 19.7 Å². The van der Waals surface area contributed by atoms with Gasteiger partial charge < -0.3 is 4.74 Å². The fourth-order valence-electron chi connectivity index (χ4n) is 2.65. The van der Waals surface area contributed by atoms with E-state index in [2.05, 4.69) is 26.7 Å². The second-order valence-corrected chi connectivity index (χ2v) is 5.87. The summed E-state index contributed by atoms with van der Waals surface area (Å²) < 4.78 is 5.55. The molecular formula is C15H14BrNO3. The molecule has 1 aliphatic rings. The summed E-state index contributed by atoms with van der Waals surface area (Å²) in [7, 11) is 1.26. The van der Waals surface area contributed by atoms with Gasteiger partial charge in [-0.05, 0) is 30.5 Å². The third-order valence-electron chi connectivity index (χ3n) is 3.82. The van der Waals surface area contributed by atoms with Gasteiger partial charge in [-0.1, -0.05) is 28.1 Å². The molecule has 0 spiro atoms. The number of ether oxygens (including phenoxy) is 1. The van der Waals surface area contributed by atoms with Gasteiger partial charge in [-0.3, -0.25) is 9.59 Å². The molecule has 0 bridgehead atoms. The van der Waals surface area contributed by atoms with Crippen LogP contribution in [0.5, 0.6) is 0 Å². The van der Waals surface area contributed by atoms with Gasteiger partial charge in [0.1, 0.15) is 11.7 Å². The molecule has 0 saturated heterocycles. The number of hydrogen-bond donors (Lipinski definition) is 0. The Kier molecular flexibility index (Phi) is 4.24. The number of carbonyl (C=O) groups excluding carboxylic acids is 2.